The van der Waals surface area contributed by atoms with E-state index in [9.17, 15) is 8.42 Å². The summed E-state index contributed by atoms with van der Waals surface area (Å²) in [6, 6.07) is 6.52. The Morgan fingerprint density at radius 3 is 2.24 bits per heavy atom. The second-order valence-electron chi connectivity index (χ2n) is 4.50. The van der Waals surface area contributed by atoms with E-state index in [4.69, 9.17) is 5.73 Å². The molecule has 5 nitrogen and oxygen atoms in total. The maximum atomic E-state index is 12.6. The van der Waals surface area contributed by atoms with Gasteiger partial charge in [-0.25, -0.2) is 8.42 Å². The summed E-state index contributed by atoms with van der Waals surface area (Å²) >= 11 is 6.46. The van der Waals surface area contributed by atoms with E-state index in [1.54, 1.807) is 31.2 Å². The standard InChI is InChI=1S/C13H13Br2N3O2S/c1-7-3-4-12(8(2)17-7)18-21(19,20)13-10(14)5-9(16)6-11(13)15/h3-6,18H,16H2,1-2H3. The molecule has 1 aromatic carbocycles. The van der Waals surface area contributed by atoms with Gasteiger partial charge in [-0.05, 0) is 70.0 Å². The molecule has 8 heteroatoms. The van der Waals surface area contributed by atoms with Crippen LogP contribution in [-0.2, 0) is 10.0 Å². The van der Waals surface area contributed by atoms with E-state index >= 15 is 0 Å². The van der Waals surface area contributed by atoms with Gasteiger partial charge in [-0.2, -0.15) is 0 Å². The van der Waals surface area contributed by atoms with Gasteiger partial charge < -0.3 is 5.73 Å². The van der Waals surface area contributed by atoms with Gasteiger partial charge in [0.25, 0.3) is 10.0 Å². The maximum Gasteiger partial charge on any atom is 0.264 e. The summed E-state index contributed by atoms with van der Waals surface area (Å²) in [7, 11) is -3.77. The highest BCUT2D eigenvalue weighted by Gasteiger charge is 2.22. The van der Waals surface area contributed by atoms with Crippen molar-refractivity contribution in [2.45, 2.75) is 18.7 Å². The molecule has 0 radical (unpaired) electrons. The number of rotatable bonds is 3. The Labute approximate surface area is 140 Å². The number of sulfonamides is 1. The molecule has 0 unspecified atom stereocenters. The van der Waals surface area contributed by atoms with Crippen molar-refractivity contribution in [3.63, 3.8) is 0 Å². The zero-order valence-electron chi connectivity index (χ0n) is 11.3. The van der Waals surface area contributed by atoms with Crippen molar-refractivity contribution in [2.75, 3.05) is 10.5 Å². The van der Waals surface area contributed by atoms with E-state index in [-0.39, 0.29) is 4.90 Å². The van der Waals surface area contributed by atoms with Crippen LogP contribution in [0, 0.1) is 13.8 Å². The lowest BCUT2D eigenvalue weighted by atomic mass is 10.3. The van der Waals surface area contributed by atoms with E-state index in [0.29, 0.717) is 26.0 Å². The molecule has 3 N–H and O–H groups in total. The van der Waals surface area contributed by atoms with Crippen LogP contribution in [-0.4, -0.2) is 13.4 Å². The summed E-state index contributed by atoms with van der Waals surface area (Å²) in [6.07, 6.45) is 0. The predicted molar refractivity (Wildman–Crippen MR) is 90.8 cm³/mol. The number of hydrogen-bond acceptors (Lipinski definition) is 4. The Hall–Kier alpha value is -1.12. The van der Waals surface area contributed by atoms with Crippen LogP contribution in [0.5, 0.6) is 0 Å². The predicted octanol–water partition coefficient (Wildman–Crippen LogP) is 3.61. The Morgan fingerprint density at radius 2 is 1.71 bits per heavy atom. The Bertz CT molecular complexity index is 784. The molecule has 0 spiro atoms. The molecular weight excluding hydrogens is 422 g/mol. The molecule has 0 bridgehead atoms. The molecule has 112 valence electrons. The number of pyridine rings is 1. The number of benzene rings is 1. The van der Waals surface area contributed by atoms with E-state index < -0.39 is 10.0 Å². The molecule has 0 saturated heterocycles. The van der Waals surface area contributed by atoms with Crippen LogP contribution >= 0.6 is 31.9 Å². The first-order valence-corrected chi connectivity index (χ1v) is 8.99. The summed E-state index contributed by atoms with van der Waals surface area (Å²) in [5.74, 6) is 0. The summed E-state index contributed by atoms with van der Waals surface area (Å²) in [5.41, 5.74) is 8.02. The molecule has 0 aliphatic carbocycles. The molecule has 0 atom stereocenters. The van der Waals surface area contributed by atoms with E-state index in [0.717, 1.165) is 5.69 Å². The van der Waals surface area contributed by atoms with Gasteiger partial charge in [0.1, 0.15) is 4.90 Å². The molecule has 2 rings (SSSR count). The second kappa shape index (κ2) is 5.94. The highest BCUT2D eigenvalue weighted by atomic mass is 79.9. The monoisotopic (exact) mass is 433 g/mol. The van der Waals surface area contributed by atoms with Crippen molar-refractivity contribution in [1.82, 2.24) is 4.98 Å². The summed E-state index contributed by atoms with van der Waals surface area (Å²) in [6.45, 7) is 3.59. The van der Waals surface area contributed by atoms with Crippen molar-refractivity contribution in [1.29, 1.82) is 0 Å². The minimum absolute atomic E-state index is 0.0941. The molecule has 0 saturated carbocycles. The van der Waals surface area contributed by atoms with Crippen LogP contribution in [0.2, 0.25) is 0 Å². The number of anilines is 2. The lowest BCUT2D eigenvalue weighted by Gasteiger charge is -2.13. The first-order valence-electron chi connectivity index (χ1n) is 5.92. The van der Waals surface area contributed by atoms with Gasteiger partial charge in [0.15, 0.2) is 0 Å². The molecule has 0 fully saturated rings. The summed E-state index contributed by atoms with van der Waals surface area (Å²) in [4.78, 5) is 4.33. The van der Waals surface area contributed by atoms with Crippen LogP contribution in [0.4, 0.5) is 11.4 Å². The molecule has 1 heterocycles. The van der Waals surface area contributed by atoms with Crippen LogP contribution < -0.4 is 10.5 Å². The molecular formula is C13H13Br2N3O2S. The van der Waals surface area contributed by atoms with Crippen molar-refractivity contribution < 1.29 is 8.42 Å². The van der Waals surface area contributed by atoms with Gasteiger partial charge in [0.05, 0.1) is 11.4 Å². The first-order chi connectivity index (χ1) is 9.70. The number of halogens is 2. The molecule has 1 aromatic heterocycles. The van der Waals surface area contributed by atoms with Crippen molar-refractivity contribution >= 4 is 53.3 Å². The van der Waals surface area contributed by atoms with Gasteiger partial charge in [-0.3, -0.25) is 9.71 Å². The van der Waals surface area contributed by atoms with Gasteiger partial charge in [0.2, 0.25) is 0 Å². The maximum absolute atomic E-state index is 12.6. The van der Waals surface area contributed by atoms with Crippen LogP contribution in [0.1, 0.15) is 11.4 Å². The highest BCUT2D eigenvalue weighted by molar-refractivity contribution is 9.11. The fraction of sp³-hybridized carbons (Fsp3) is 0.154. The number of nitrogens with one attached hydrogen (secondary N) is 1. The molecule has 0 amide bonds. The lowest BCUT2D eigenvalue weighted by molar-refractivity contribution is 0.600. The SMILES string of the molecule is Cc1ccc(NS(=O)(=O)c2c(Br)cc(N)cc2Br)c(C)n1. The van der Waals surface area contributed by atoms with Crippen LogP contribution in [0.3, 0.4) is 0 Å². The zero-order valence-corrected chi connectivity index (χ0v) is 15.3. The lowest BCUT2D eigenvalue weighted by Crippen LogP contribution is -2.15. The van der Waals surface area contributed by atoms with Crippen LogP contribution in [0.15, 0.2) is 38.1 Å². The number of hydrogen-bond donors (Lipinski definition) is 2. The largest absolute Gasteiger partial charge is 0.399 e. The van der Waals surface area contributed by atoms with Crippen molar-refractivity contribution in [3.05, 3.63) is 44.6 Å². The quantitative estimate of drug-likeness (QED) is 0.722. The molecule has 0 aliphatic heterocycles. The van der Waals surface area contributed by atoms with Gasteiger partial charge in [-0.15, -0.1) is 0 Å². The summed E-state index contributed by atoms with van der Waals surface area (Å²) < 4.78 is 28.4. The smallest absolute Gasteiger partial charge is 0.264 e. The number of nitrogen functional groups attached to an aromatic ring is 1. The number of aryl methyl sites for hydroxylation is 2. The minimum atomic E-state index is -3.77. The Balaban J connectivity index is 2.48. The van der Waals surface area contributed by atoms with Gasteiger partial charge in [0, 0.05) is 20.3 Å². The summed E-state index contributed by atoms with van der Waals surface area (Å²) in [5, 5.41) is 0. The van der Waals surface area contributed by atoms with Gasteiger partial charge in [-0.1, -0.05) is 0 Å². The average molecular weight is 435 g/mol. The number of nitrogens with zero attached hydrogens (tertiary/aromatic N) is 1. The molecule has 2 aromatic rings. The van der Waals surface area contributed by atoms with Crippen LogP contribution in [0.25, 0.3) is 0 Å². The van der Waals surface area contributed by atoms with E-state index in [1.165, 1.54) is 0 Å². The van der Waals surface area contributed by atoms with E-state index in [1.807, 2.05) is 6.92 Å². The fourth-order valence-corrected chi connectivity index (χ4v) is 5.57. The average Bonchev–Trinajstić information content (AvgIpc) is 2.30. The third-order valence-corrected chi connectivity index (χ3v) is 6.00. The second-order valence-corrected chi connectivity index (χ2v) is 7.83. The minimum Gasteiger partial charge on any atom is -0.399 e. The van der Waals surface area contributed by atoms with E-state index in [2.05, 4.69) is 41.6 Å². The number of nitrogens with two attached hydrogens (primary N) is 1. The van der Waals surface area contributed by atoms with Gasteiger partial charge >= 0.3 is 0 Å². The normalized spacial score (nSPS) is 11.4. The third kappa shape index (κ3) is 3.56. The third-order valence-electron chi connectivity index (χ3n) is 2.76. The first kappa shape index (κ1) is 16.3. The molecule has 21 heavy (non-hydrogen) atoms. The van der Waals surface area contributed by atoms with Crippen molar-refractivity contribution in [3.8, 4) is 0 Å². The Morgan fingerprint density at radius 1 is 1.14 bits per heavy atom. The zero-order chi connectivity index (χ0) is 15.8. The highest BCUT2D eigenvalue weighted by Crippen LogP contribution is 2.33. The Kier molecular flexibility index (Phi) is 4.60. The topological polar surface area (TPSA) is 85.1 Å². The molecule has 0 aliphatic rings. The number of aromatic nitrogens is 1. The fourth-order valence-electron chi connectivity index (χ4n) is 1.83. The van der Waals surface area contributed by atoms with Crippen molar-refractivity contribution in [2.24, 2.45) is 0 Å².